The van der Waals surface area contributed by atoms with E-state index in [4.69, 9.17) is 11.6 Å². The molecule has 2 aromatic heterocycles. The molecule has 0 saturated heterocycles. The molecule has 0 unspecified atom stereocenters. The number of aryl methyl sites for hydroxylation is 2. The fraction of sp³-hybridized carbons (Fsp3) is 0.278. The number of halogens is 1. The minimum Gasteiger partial charge on any atom is -0.338 e. The molecule has 2 heterocycles. The van der Waals surface area contributed by atoms with Gasteiger partial charge in [-0.1, -0.05) is 23.7 Å². The van der Waals surface area contributed by atoms with E-state index in [1.807, 2.05) is 36.6 Å². The smallest absolute Gasteiger partial charge is 0.268 e. The molecule has 1 N–H and O–H groups in total. The Kier molecular flexibility index (Phi) is 5.20. The Labute approximate surface area is 154 Å². The Bertz CT molecular complexity index is 980. The summed E-state index contributed by atoms with van der Waals surface area (Å²) in [5.41, 5.74) is 2.56. The van der Waals surface area contributed by atoms with Crippen molar-refractivity contribution in [2.75, 3.05) is 7.05 Å². The van der Waals surface area contributed by atoms with E-state index in [1.165, 1.54) is 11.3 Å². The zero-order chi connectivity index (χ0) is 18.0. The molecule has 0 aliphatic rings. The summed E-state index contributed by atoms with van der Waals surface area (Å²) in [4.78, 5) is 33.0. The number of H-pyrrole nitrogens is 1. The number of aromatic nitrogens is 2. The molecule has 7 heteroatoms. The molecule has 0 bridgehead atoms. The molecule has 0 radical (unpaired) electrons. The summed E-state index contributed by atoms with van der Waals surface area (Å²) in [5, 5.41) is 2.54. The molecule has 0 fully saturated rings. The van der Waals surface area contributed by atoms with Crippen molar-refractivity contribution in [1.82, 2.24) is 14.9 Å². The molecule has 25 heavy (non-hydrogen) atoms. The molecule has 0 aliphatic carbocycles. The number of nitrogens with zero attached hydrogens (tertiary/aromatic N) is 2. The number of hydrogen-bond acceptors (Lipinski definition) is 4. The van der Waals surface area contributed by atoms with Gasteiger partial charge >= 0.3 is 0 Å². The predicted octanol–water partition coefficient (Wildman–Crippen LogP) is 3.54. The van der Waals surface area contributed by atoms with Crippen molar-refractivity contribution in [2.45, 2.75) is 26.3 Å². The lowest BCUT2D eigenvalue weighted by molar-refractivity contribution is -0.130. The highest BCUT2D eigenvalue weighted by molar-refractivity contribution is 7.17. The molecule has 3 rings (SSSR count). The van der Waals surface area contributed by atoms with Gasteiger partial charge in [0.2, 0.25) is 5.91 Å². The molecule has 1 amide bonds. The predicted molar refractivity (Wildman–Crippen MR) is 101 cm³/mol. The summed E-state index contributed by atoms with van der Waals surface area (Å²) in [5.74, 6) is 0.481. The standard InChI is InChI=1S/C18H18ClN3O2S/c1-11-3-4-12(9-13(11)19)5-6-16(23)22(2)10-15-20-14-7-8-25-17(14)18(24)21-15/h3-4,7-9H,5-6,10H2,1-2H3,(H,20,21,24). The molecule has 0 aliphatic heterocycles. The first-order valence-corrected chi connectivity index (χ1v) is 9.15. The van der Waals surface area contributed by atoms with Gasteiger partial charge in [-0.25, -0.2) is 4.98 Å². The number of carbonyl (C=O) groups excluding carboxylic acids is 1. The molecule has 0 atom stereocenters. The average molecular weight is 376 g/mol. The second-order valence-corrected chi connectivity index (χ2v) is 7.30. The lowest BCUT2D eigenvalue weighted by atomic mass is 10.1. The van der Waals surface area contributed by atoms with Gasteiger partial charge in [-0.3, -0.25) is 9.59 Å². The van der Waals surface area contributed by atoms with Gasteiger partial charge in [-0.2, -0.15) is 0 Å². The van der Waals surface area contributed by atoms with Crippen LogP contribution in [-0.2, 0) is 17.8 Å². The number of nitrogens with one attached hydrogen (secondary N) is 1. The van der Waals surface area contributed by atoms with Crippen molar-refractivity contribution < 1.29 is 4.79 Å². The summed E-state index contributed by atoms with van der Waals surface area (Å²) >= 11 is 7.47. The van der Waals surface area contributed by atoms with Gasteiger partial charge in [0.15, 0.2) is 0 Å². The van der Waals surface area contributed by atoms with E-state index in [2.05, 4.69) is 9.97 Å². The Hall–Kier alpha value is -2.18. The van der Waals surface area contributed by atoms with E-state index >= 15 is 0 Å². The van der Waals surface area contributed by atoms with Crippen molar-refractivity contribution in [1.29, 1.82) is 0 Å². The van der Waals surface area contributed by atoms with E-state index < -0.39 is 0 Å². The van der Waals surface area contributed by atoms with E-state index in [-0.39, 0.29) is 18.0 Å². The van der Waals surface area contributed by atoms with E-state index in [1.54, 1.807) is 11.9 Å². The first-order chi connectivity index (χ1) is 11.9. The minimum atomic E-state index is -0.162. The normalized spacial score (nSPS) is 11.0. The van der Waals surface area contributed by atoms with Crippen LogP contribution in [0.1, 0.15) is 23.4 Å². The van der Waals surface area contributed by atoms with E-state index in [9.17, 15) is 9.59 Å². The number of amides is 1. The minimum absolute atomic E-state index is 0.00948. The number of carbonyl (C=O) groups is 1. The molecule has 3 aromatic rings. The number of benzene rings is 1. The topological polar surface area (TPSA) is 66.1 Å². The largest absolute Gasteiger partial charge is 0.338 e. The van der Waals surface area contributed by atoms with Gasteiger partial charge in [0.25, 0.3) is 5.56 Å². The third-order valence-electron chi connectivity index (χ3n) is 4.04. The van der Waals surface area contributed by atoms with Crippen LogP contribution in [0.4, 0.5) is 0 Å². The van der Waals surface area contributed by atoms with Gasteiger partial charge < -0.3 is 9.88 Å². The van der Waals surface area contributed by atoms with Crippen LogP contribution in [0.2, 0.25) is 5.02 Å². The van der Waals surface area contributed by atoms with Crippen molar-refractivity contribution in [3.05, 3.63) is 62.0 Å². The van der Waals surface area contributed by atoms with Crippen LogP contribution in [-0.4, -0.2) is 27.8 Å². The molecule has 0 saturated carbocycles. The number of hydrogen-bond donors (Lipinski definition) is 1. The summed E-state index contributed by atoms with van der Waals surface area (Å²) in [6.07, 6.45) is 0.998. The maximum Gasteiger partial charge on any atom is 0.268 e. The van der Waals surface area contributed by atoms with Crippen LogP contribution in [0, 0.1) is 6.92 Å². The lowest BCUT2D eigenvalue weighted by Crippen LogP contribution is -2.28. The highest BCUT2D eigenvalue weighted by Crippen LogP contribution is 2.18. The maximum atomic E-state index is 12.3. The van der Waals surface area contributed by atoms with Gasteiger partial charge in [0.1, 0.15) is 10.5 Å². The van der Waals surface area contributed by atoms with Gasteiger partial charge in [-0.15, -0.1) is 11.3 Å². The number of thiophene rings is 1. The molecule has 1 aromatic carbocycles. The molecule has 130 valence electrons. The first-order valence-electron chi connectivity index (χ1n) is 7.89. The van der Waals surface area contributed by atoms with Crippen LogP contribution >= 0.6 is 22.9 Å². The summed E-state index contributed by atoms with van der Waals surface area (Å²) < 4.78 is 0.606. The second kappa shape index (κ2) is 7.37. The van der Waals surface area contributed by atoms with Gasteiger partial charge in [-0.05, 0) is 42.0 Å². The zero-order valence-electron chi connectivity index (χ0n) is 14.0. The highest BCUT2D eigenvalue weighted by atomic mass is 35.5. The van der Waals surface area contributed by atoms with Crippen LogP contribution in [0.25, 0.3) is 10.2 Å². The SMILES string of the molecule is Cc1ccc(CCC(=O)N(C)Cc2nc3ccsc3c(=O)[nH]2)cc1Cl. The maximum absolute atomic E-state index is 12.3. The van der Waals surface area contributed by atoms with E-state index in [0.29, 0.717) is 33.9 Å². The number of rotatable bonds is 5. The first kappa shape index (κ1) is 17.6. The quantitative estimate of drug-likeness (QED) is 0.741. The fourth-order valence-electron chi connectivity index (χ4n) is 2.54. The zero-order valence-corrected chi connectivity index (χ0v) is 15.6. The van der Waals surface area contributed by atoms with E-state index in [0.717, 1.165) is 11.1 Å². The highest BCUT2D eigenvalue weighted by Gasteiger charge is 2.12. The summed E-state index contributed by atoms with van der Waals surface area (Å²) in [6, 6.07) is 7.64. The molecule has 0 spiro atoms. The number of fused-ring (bicyclic) bond motifs is 1. The third-order valence-corrected chi connectivity index (χ3v) is 5.35. The van der Waals surface area contributed by atoms with Crippen LogP contribution < -0.4 is 5.56 Å². The Morgan fingerprint density at radius 3 is 2.92 bits per heavy atom. The average Bonchev–Trinajstić information content (AvgIpc) is 3.04. The van der Waals surface area contributed by atoms with Crippen molar-refractivity contribution in [3.63, 3.8) is 0 Å². The van der Waals surface area contributed by atoms with Crippen molar-refractivity contribution in [3.8, 4) is 0 Å². The van der Waals surface area contributed by atoms with Gasteiger partial charge in [0, 0.05) is 18.5 Å². The summed E-state index contributed by atoms with van der Waals surface area (Å²) in [6.45, 7) is 2.22. The van der Waals surface area contributed by atoms with Crippen LogP contribution in [0.5, 0.6) is 0 Å². The molecular weight excluding hydrogens is 358 g/mol. The lowest BCUT2D eigenvalue weighted by Gasteiger charge is -2.16. The van der Waals surface area contributed by atoms with Crippen molar-refractivity contribution in [2.24, 2.45) is 0 Å². The number of aromatic amines is 1. The third kappa shape index (κ3) is 4.08. The monoisotopic (exact) mass is 375 g/mol. The van der Waals surface area contributed by atoms with Gasteiger partial charge in [0.05, 0.1) is 12.1 Å². The van der Waals surface area contributed by atoms with Crippen LogP contribution in [0.15, 0.2) is 34.4 Å². The fourth-order valence-corrected chi connectivity index (χ4v) is 3.47. The van der Waals surface area contributed by atoms with Crippen molar-refractivity contribution >= 4 is 39.1 Å². The summed E-state index contributed by atoms with van der Waals surface area (Å²) in [7, 11) is 1.71. The molecule has 5 nitrogen and oxygen atoms in total. The Morgan fingerprint density at radius 1 is 1.36 bits per heavy atom. The molecular formula is C18H18ClN3O2S. The van der Waals surface area contributed by atoms with Crippen LogP contribution in [0.3, 0.4) is 0 Å². The Balaban J connectivity index is 1.63. The second-order valence-electron chi connectivity index (χ2n) is 5.98. The Morgan fingerprint density at radius 2 is 2.16 bits per heavy atom.